The van der Waals surface area contributed by atoms with E-state index < -0.39 is 17.2 Å². The average Bonchev–Trinajstić information content (AvgIpc) is 3.75. The van der Waals surface area contributed by atoms with Crippen molar-refractivity contribution in [3.8, 4) is 11.5 Å². The molecule has 8 rings (SSSR count). The van der Waals surface area contributed by atoms with E-state index >= 15 is 0 Å². The van der Waals surface area contributed by atoms with E-state index in [9.17, 15) is 9.90 Å². The summed E-state index contributed by atoms with van der Waals surface area (Å²) in [7, 11) is 3.44. The van der Waals surface area contributed by atoms with E-state index in [1.165, 1.54) is 30.5 Å². The van der Waals surface area contributed by atoms with Crippen LogP contribution in [0.2, 0.25) is 0 Å². The first-order chi connectivity index (χ1) is 21.4. The van der Waals surface area contributed by atoms with Gasteiger partial charge in [0.25, 0.3) is 0 Å². The molecule has 1 aromatic rings. The third-order valence-electron chi connectivity index (χ3n) is 13.1. The average molecular weight is 628 g/mol. The highest BCUT2D eigenvalue weighted by atomic mass is 16.6. The van der Waals surface area contributed by atoms with Crippen LogP contribution in [-0.2, 0) is 35.6 Å². The molecule has 5 aliphatic carbocycles. The van der Waals surface area contributed by atoms with Crippen molar-refractivity contribution >= 4 is 5.97 Å². The zero-order chi connectivity index (χ0) is 31.8. The Morgan fingerprint density at radius 2 is 1.80 bits per heavy atom. The summed E-state index contributed by atoms with van der Waals surface area (Å²) in [6, 6.07) is 4.47. The molecule has 45 heavy (non-hydrogen) atoms. The number of piperidine rings is 1. The van der Waals surface area contributed by atoms with E-state index in [1.807, 2.05) is 20.1 Å². The van der Waals surface area contributed by atoms with Gasteiger partial charge < -0.3 is 33.5 Å². The number of likely N-dealkylation sites (tertiary alicyclic amines) is 1. The summed E-state index contributed by atoms with van der Waals surface area (Å²) in [5, 5.41) is 12.4. The zero-order valence-electron chi connectivity index (χ0n) is 28.1. The number of hydrogen-bond donors (Lipinski definition) is 1. The quantitative estimate of drug-likeness (QED) is 0.195. The number of carbonyl (C=O) groups excluding carboxylic acids is 1. The lowest BCUT2D eigenvalue weighted by atomic mass is 9.33. The van der Waals surface area contributed by atoms with Crippen molar-refractivity contribution < 1.29 is 38.3 Å². The Balaban J connectivity index is 1.24. The molecule has 4 bridgehead atoms. The number of carbonyl (C=O) groups is 1. The van der Waals surface area contributed by atoms with Crippen molar-refractivity contribution in [3.05, 3.63) is 23.3 Å². The van der Waals surface area contributed by atoms with Gasteiger partial charge in [0.15, 0.2) is 11.5 Å². The fraction of sp³-hybridized carbons (Fsp3) is 0.806. The standard InChI is InChI=1S/C36H53NO8/c1-32(2,3)33(4,39)26-20-34-11-12-36(26,41-6)31-35(34)13-14-37(21-23-7-8-23)27(34)19-24-9-10-25(30(45-31)29(24)35)44-28(38)22-43-18-17-42-16-15-40-5/h9-10,23,26-27,31,39H,7-8,11-22H2,1-6H3/t26-,27-,31-,33+,34?,35+,36-/m1/s1. The molecule has 4 saturated carbocycles. The summed E-state index contributed by atoms with van der Waals surface area (Å²) in [5.41, 5.74) is 0.242. The van der Waals surface area contributed by atoms with Crippen molar-refractivity contribution in [1.82, 2.24) is 4.90 Å². The first-order valence-electron chi connectivity index (χ1n) is 17.1. The van der Waals surface area contributed by atoms with E-state index in [1.54, 1.807) is 7.11 Å². The van der Waals surface area contributed by atoms with Gasteiger partial charge in [-0.3, -0.25) is 4.90 Å². The lowest BCUT2D eigenvalue weighted by Gasteiger charge is -2.75. The maximum absolute atomic E-state index is 13.0. The molecule has 1 unspecified atom stereocenters. The third-order valence-corrected chi connectivity index (χ3v) is 13.1. The van der Waals surface area contributed by atoms with E-state index in [4.69, 9.17) is 28.4 Å². The van der Waals surface area contributed by atoms with Crippen LogP contribution < -0.4 is 9.47 Å². The molecule has 1 saturated heterocycles. The number of benzene rings is 1. The van der Waals surface area contributed by atoms with Crippen molar-refractivity contribution in [2.24, 2.45) is 22.7 Å². The van der Waals surface area contributed by atoms with Crippen LogP contribution in [0.5, 0.6) is 11.5 Å². The maximum atomic E-state index is 13.0. The molecule has 2 aliphatic heterocycles. The van der Waals surface area contributed by atoms with Gasteiger partial charge in [0, 0.05) is 49.1 Å². The SMILES string of the molecule is COCCOCCOCC(=O)Oc1ccc2c3c1O[C@H]1[C@@]4(OC)CCC5(C[C@@H]4[C@](C)(O)C(C)(C)C)[C@@H](C2)N(CC2CC2)CC[C@]315. The van der Waals surface area contributed by atoms with Gasteiger partial charge in [-0.2, -0.15) is 0 Å². The van der Waals surface area contributed by atoms with Gasteiger partial charge in [-0.1, -0.05) is 26.8 Å². The summed E-state index contributed by atoms with van der Waals surface area (Å²) in [4.78, 5) is 15.8. The minimum atomic E-state index is -0.980. The Labute approximate surface area is 268 Å². The molecule has 9 heteroatoms. The normalized spacial score (nSPS) is 35.9. The van der Waals surface area contributed by atoms with Gasteiger partial charge in [0.1, 0.15) is 18.3 Å². The predicted octanol–water partition coefficient (Wildman–Crippen LogP) is 4.29. The van der Waals surface area contributed by atoms with Gasteiger partial charge >= 0.3 is 5.97 Å². The number of aliphatic hydroxyl groups is 1. The van der Waals surface area contributed by atoms with Crippen LogP contribution in [-0.4, -0.2) is 99.7 Å². The van der Waals surface area contributed by atoms with Crippen LogP contribution in [0.4, 0.5) is 0 Å². The van der Waals surface area contributed by atoms with E-state index in [2.05, 4.69) is 31.7 Å². The number of methoxy groups -OCH3 is 2. The summed E-state index contributed by atoms with van der Waals surface area (Å²) >= 11 is 0. The molecule has 7 atom stereocenters. The number of fused-ring (bicyclic) bond motifs is 2. The number of hydrogen-bond acceptors (Lipinski definition) is 9. The summed E-state index contributed by atoms with van der Waals surface area (Å²) in [6.45, 7) is 12.2. The highest BCUT2D eigenvalue weighted by Gasteiger charge is 2.82. The van der Waals surface area contributed by atoms with Crippen LogP contribution >= 0.6 is 0 Å². The Bertz CT molecular complexity index is 1300. The largest absolute Gasteiger partial charge is 0.482 e. The highest BCUT2D eigenvalue weighted by molar-refractivity contribution is 5.76. The van der Waals surface area contributed by atoms with Crippen LogP contribution in [0.25, 0.3) is 0 Å². The lowest BCUT2D eigenvalue weighted by molar-refractivity contribution is -0.312. The number of rotatable bonds is 13. The molecular formula is C36H53NO8. The third kappa shape index (κ3) is 4.58. The number of esters is 1. The summed E-state index contributed by atoms with van der Waals surface area (Å²) < 4.78 is 35.8. The minimum Gasteiger partial charge on any atom is -0.482 e. The molecule has 0 radical (unpaired) electrons. The highest BCUT2D eigenvalue weighted by Crippen LogP contribution is 2.78. The molecular weight excluding hydrogens is 574 g/mol. The van der Waals surface area contributed by atoms with Gasteiger partial charge in [0.05, 0.1) is 32.0 Å². The fourth-order valence-electron chi connectivity index (χ4n) is 10.3. The Kier molecular flexibility index (Phi) is 7.90. The van der Waals surface area contributed by atoms with Gasteiger partial charge in [-0.25, -0.2) is 4.79 Å². The van der Waals surface area contributed by atoms with Crippen molar-refractivity contribution in [2.45, 2.75) is 101 Å². The van der Waals surface area contributed by atoms with Gasteiger partial charge in [-0.05, 0) is 81.4 Å². The van der Waals surface area contributed by atoms with Crippen LogP contribution in [0.3, 0.4) is 0 Å². The van der Waals surface area contributed by atoms with Gasteiger partial charge in [0.2, 0.25) is 0 Å². The smallest absolute Gasteiger partial charge is 0.337 e. The Morgan fingerprint density at radius 1 is 1.04 bits per heavy atom. The molecule has 9 nitrogen and oxygen atoms in total. The van der Waals surface area contributed by atoms with Crippen molar-refractivity contribution in [3.63, 3.8) is 0 Å². The first-order valence-corrected chi connectivity index (χ1v) is 17.1. The molecule has 0 amide bonds. The second kappa shape index (κ2) is 11.2. The lowest BCUT2D eigenvalue weighted by Crippen LogP contribution is -2.83. The summed E-state index contributed by atoms with van der Waals surface area (Å²) in [5.74, 6) is 1.40. The monoisotopic (exact) mass is 627 g/mol. The number of ether oxygens (including phenoxy) is 6. The minimum absolute atomic E-state index is 0.0577. The Morgan fingerprint density at radius 3 is 2.51 bits per heavy atom. The first kappa shape index (κ1) is 31.8. The predicted molar refractivity (Wildman–Crippen MR) is 168 cm³/mol. The van der Waals surface area contributed by atoms with Crippen LogP contribution in [0, 0.1) is 22.7 Å². The topological polar surface area (TPSA) is 95.9 Å². The Hall–Kier alpha value is -1.75. The molecule has 250 valence electrons. The van der Waals surface area contributed by atoms with Gasteiger partial charge in [-0.15, -0.1) is 0 Å². The molecule has 5 fully saturated rings. The van der Waals surface area contributed by atoms with E-state index in [-0.39, 0.29) is 34.9 Å². The van der Waals surface area contributed by atoms with E-state index in [0.29, 0.717) is 44.0 Å². The molecule has 2 spiro atoms. The maximum Gasteiger partial charge on any atom is 0.337 e. The van der Waals surface area contributed by atoms with Crippen LogP contribution in [0.15, 0.2) is 12.1 Å². The zero-order valence-corrected chi connectivity index (χ0v) is 28.1. The second-order valence-corrected chi connectivity index (χ2v) is 15.9. The van der Waals surface area contributed by atoms with Crippen LogP contribution in [0.1, 0.15) is 77.3 Å². The molecule has 0 aromatic heterocycles. The number of nitrogens with zero attached hydrogens (tertiary/aromatic N) is 1. The van der Waals surface area contributed by atoms with Crippen molar-refractivity contribution in [1.29, 1.82) is 0 Å². The molecule has 7 aliphatic rings. The summed E-state index contributed by atoms with van der Waals surface area (Å²) in [6.07, 6.45) is 7.14. The molecule has 1 aromatic carbocycles. The second-order valence-electron chi connectivity index (χ2n) is 15.9. The van der Waals surface area contributed by atoms with Crippen molar-refractivity contribution in [2.75, 3.05) is 60.3 Å². The fourth-order valence-corrected chi connectivity index (χ4v) is 10.3. The van der Waals surface area contributed by atoms with E-state index in [0.717, 1.165) is 44.6 Å². The molecule has 1 N–H and O–H groups in total. The molecule has 2 heterocycles.